The van der Waals surface area contributed by atoms with E-state index < -0.39 is 11.9 Å². The number of thioether (sulfide) groups is 1. The van der Waals surface area contributed by atoms with E-state index in [1.807, 2.05) is 13.2 Å². The van der Waals surface area contributed by atoms with Gasteiger partial charge in [-0.25, -0.2) is 4.79 Å². The van der Waals surface area contributed by atoms with Gasteiger partial charge < -0.3 is 14.9 Å². The molecule has 2 atom stereocenters. The lowest BCUT2D eigenvalue weighted by molar-refractivity contribution is -0.141. The van der Waals surface area contributed by atoms with Crippen molar-refractivity contribution in [3.8, 4) is 0 Å². The fraction of sp³-hybridized carbons (Fsp3) is 0.818. The third-order valence-corrected chi connectivity index (χ3v) is 3.48. The fourth-order valence-electron chi connectivity index (χ4n) is 1.38. The molecule has 5 nitrogen and oxygen atoms in total. The maximum Gasteiger partial charge on any atom is 0.319 e. The Kier molecular flexibility index (Phi) is 7.03. The normalized spacial score (nSPS) is 13.9. The summed E-state index contributed by atoms with van der Waals surface area (Å²) in [5.41, 5.74) is 0. The van der Waals surface area contributed by atoms with Gasteiger partial charge in [0.05, 0.1) is 5.92 Å². The zero-order valence-corrected chi connectivity index (χ0v) is 12.0. The quantitative estimate of drug-likeness (QED) is 0.787. The SMILES string of the molecule is CSCC(C)N(C)C(=O)N(C)CC(C)C(=O)O. The Bertz CT molecular complexity index is 273. The van der Waals surface area contributed by atoms with Crippen LogP contribution in [0.25, 0.3) is 0 Å². The topological polar surface area (TPSA) is 60.9 Å². The molecule has 0 rings (SSSR count). The zero-order chi connectivity index (χ0) is 13.6. The van der Waals surface area contributed by atoms with Crippen LogP contribution in [0.5, 0.6) is 0 Å². The van der Waals surface area contributed by atoms with Gasteiger partial charge in [0.15, 0.2) is 0 Å². The van der Waals surface area contributed by atoms with Gasteiger partial charge in [0.1, 0.15) is 0 Å². The first-order valence-corrected chi connectivity index (χ1v) is 6.90. The highest BCUT2D eigenvalue weighted by atomic mass is 32.2. The zero-order valence-electron chi connectivity index (χ0n) is 11.1. The van der Waals surface area contributed by atoms with Crippen LogP contribution in [0.1, 0.15) is 13.8 Å². The highest BCUT2D eigenvalue weighted by Gasteiger charge is 2.22. The molecule has 0 fully saturated rings. The van der Waals surface area contributed by atoms with E-state index in [0.29, 0.717) is 0 Å². The highest BCUT2D eigenvalue weighted by Crippen LogP contribution is 2.07. The number of amides is 2. The van der Waals surface area contributed by atoms with E-state index in [1.54, 1.807) is 37.7 Å². The molecule has 0 aliphatic rings. The van der Waals surface area contributed by atoms with Crippen molar-refractivity contribution in [3.63, 3.8) is 0 Å². The average molecular weight is 262 g/mol. The lowest BCUT2D eigenvalue weighted by Gasteiger charge is -2.30. The van der Waals surface area contributed by atoms with Crippen molar-refractivity contribution in [2.45, 2.75) is 19.9 Å². The summed E-state index contributed by atoms with van der Waals surface area (Å²) < 4.78 is 0. The number of rotatable bonds is 6. The van der Waals surface area contributed by atoms with Gasteiger partial charge in [0, 0.05) is 32.4 Å². The molecule has 100 valence electrons. The first kappa shape index (κ1) is 16.1. The Morgan fingerprint density at radius 3 is 2.24 bits per heavy atom. The van der Waals surface area contributed by atoms with E-state index in [2.05, 4.69) is 0 Å². The Morgan fingerprint density at radius 2 is 1.82 bits per heavy atom. The molecule has 0 heterocycles. The minimum absolute atomic E-state index is 0.139. The molecule has 0 spiro atoms. The standard InChI is InChI=1S/C11H22N2O3S/c1-8(10(14)15)6-12(3)11(16)13(4)9(2)7-17-5/h8-9H,6-7H2,1-5H3,(H,14,15). The van der Waals surface area contributed by atoms with Gasteiger partial charge in [-0.2, -0.15) is 11.8 Å². The van der Waals surface area contributed by atoms with E-state index in [0.717, 1.165) is 5.75 Å². The lowest BCUT2D eigenvalue weighted by atomic mass is 10.2. The number of hydrogen-bond donors (Lipinski definition) is 1. The van der Waals surface area contributed by atoms with Gasteiger partial charge in [-0.15, -0.1) is 0 Å². The van der Waals surface area contributed by atoms with Crippen LogP contribution in [-0.4, -0.2) is 65.6 Å². The molecule has 0 radical (unpaired) electrons. The van der Waals surface area contributed by atoms with Crippen LogP contribution in [0.4, 0.5) is 4.79 Å². The summed E-state index contributed by atoms with van der Waals surface area (Å²) in [4.78, 5) is 25.8. The molecule has 0 aromatic heterocycles. The third kappa shape index (κ3) is 5.30. The number of carbonyl (C=O) groups is 2. The van der Waals surface area contributed by atoms with Crippen LogP contribution in [-0.2, 0) is 4.79 Å². The maximum atomic E-state index is 12.0. The van der Waals surface area contributed by atoms with Crippen LogP contribution in [0.2, 0.25) is 0 Å². The smallest absolute Gasteiger partial charge is 0.319 e. The Morgan fingerprint density at radius 1 is 1.29 bits per heavy atom. The van der Waals surface area contributed by atoms with Crippen molar-refractivity contribution < 1.29 is 14.7 Å². The summed E-state index contributed by atoms with van der Waals surface area (Å²) in [6.07, 6.45) is 1.99. The van der Waals surface area contributed by atoms with Gasteiger partial charge in [-0.3, -0.25) is 4.79 Å². The Balaban J connectivity index is 4.34. The van der Waals surface area contributed by atoms with Crippen LogP contribution >= 0.6 is 11.8 Å². The molecule has 0 aliphatic heterocycles. The molecular weight excluding hydrogens is 240 g/mol. The van der Waals surface area contributed by atoms with Crippen molar-refractivity contribution in [3.05, 3.63) is 0 Å². The van der Waals surface area contributed by atoms with Crippen molar-refractivity contribution in [2.24, 2.45) is 5.92 Å². The second-order valence-corrected chi connectivity index (χ2v) is 5.23. The van der Waals surface area contributed by atoms with Crippen molar-refractivity contribution in [1.82, 2.24) is 9.80 Å². The van der Waals surface area contributed by atoms with Crippen LogP contribution < -0.4 is 0 Å². The third-order valence-electron chi connectivity index (χ3n) is 2.67. The second kappa shape index (κ2) is 7.42. The van der Waals surface area contributed by atoms with Crippen LogP contribution in [0, 0.1) is 5.92 Å². The van der Waals surface area contributed by atoms with Gasteiger partial charge in [-0.1, -0.05) is 6.92 Å². The van der Waals surface area contributed by atoms with E-state index in [-0.39, 0.29) is 18.6 Å². The van der Waals surface area contributed by atoms with Gasteiger partial charge in [-0.05, 0) is 13.2 Å². The maximum absolute atomic E-state index is 12.0. The molecule has 6 heteroatoms. The molecule has 0 aromatic carbocycles. The number of nitrogens with zero attached hydrogens (tertiary/aromatic N) is 2. The highest BCUT2D eigenvalue weighted by molar-refractivity contribution is 7.98. The van der Waals surface area contributed by atoms with Crippen molar-refractivity contribution >= 4 is 23.8 Å². The molecule has 0 aromatic rings. The molecule has 1 N–H and O–H groups in total. The molecular formula is C11H22N2O3S. The molecule has 0 saturated carbocycles. The molecule has 2 amide bonds. The van der Waals surface area contributed by atoms with E-state index in [9.17, 15) is 9.59 Å². The van der Waals surface area contributed by atoms with E-state index in [1.165, 1.54) is 4.90 Å². The molecule has 0 bridgehead atoms. The first-order chi connectivity index (χ1) is 7.81. The van der Waals surface area contributed by atoms with Gasteiger partial charge >= 0.3 is 12.0 Å². The summed E-state index contributed by atoms with van der Waals surface area (Å²) in [6.45, 7) is 3.80. The molecule has 0 saturated heterocycles. The number of hydrogen-bond acceptors (Lipinski definition) is 3. The van der Waals surface area contributed by atoms with Crippen molar-refractivity contribution in [2.75, 3.05) is 32.6 Å². The van der Waals surface area contributed by atoms with E-state index >= 15 is 0 Å². The average Bonchev–Trinajstić information content (AvgIpc) is 2.26. The number of carboxylic acids is 1. The molecule has 0 aliphatic carbocycles. The monoisotopic (exact) mass is 262 g/mol. The van der Waals surface area contributed by atoms with Gasteiger partial charge in [0.25, 0.3) is 0 Å². The minimum Gasteiger partial charge on any atom is -0.481 e. The Labute approximate surface area is 107 Å². The lowest BCUT2D eigenvalue weighted by Crippen LogP contribution is -2.46. The second-order valence-electron chi connectivity index (χ2n) is 4.32. The summed E-state index contributed by atoms with van der Waals surface area (Å²) in [5.74, 6) is -0.567. The number of carbonyl (C=O) groups excluding carboxylic acids is 1. The summed E-state index contributed by atoms with van der Waals surface area (Å²) in [6, 6.07) is -0.000246. The predicted octanol–water partition coefficient (Wildman–Crippen LogP) is 1.44. The minimum atomic E-state index is -0.885. The number of urea groups is 1. The largest absolute Gasteiger partial charge is 0.481 e. The van der Waals surface area contributed by atoms with E-state index in [4.69, 9.17) is 5.11 Å². The Hall–Kier alpha value is -0.910. The number of aliphatic carboxylic acids is 1. The molecule has 2 unspecified atom stereocenters. The summed E-state index contributed by atoms with van der Waals surface area (Å²) >= 11 is 1.68. The van der Waals surface area contributed by atoms with Gasteiger partial charge in [0.2, 0.25) is 0 Å². The first-order valence-electron chi connectivity index (χ1n) is 5.50. The van der Waals surface area contributed by atoms with Crippen molar-refractivity contribution in [1.29, 1.82) is 0 Å². The molecule has 17 heavy (non-hydrogen) atoms. The summed E-state index contributed by atoms with van der Waals surface area (Å²) in [5, 5.41) is 8.79. The fourth-order valence-corrected chi connectivity index (χ4v) is 2.08. The summed E-state index contributed by atoms with van der Waals surface area (Å²) in [7, 11) is 3.37. The predicted molar refractivity (Wildman–Crippen MR) is 70.4 cm³/mol. The van der Waals surface area contributed by atoms with Crippen LogP contribution in [0.3, 0.4) is 0 Å². The van der Waals surface area contributed by atoms with Crippen LogP contribution in [0.15, 0.2) is 0 Å². The number of carboxylic acid groups (broad SMARTS) is 1.